The smallest absolute Gasteiger partial charge is 0.185 e. The second-order valence-electron chi connectivity index (χ2n) is 3.92. The third-order valence-corrected chi connectivity index (χ3v) is 2.87. The van der Waals surface area contributed by atoms with E-state index >= 15 is 0 Å². The minimum absolute atomic E-state index is 0.736. The molecule has 2 saturated heterocycles. The molecule has 0 aromatic rings. The molecule has 2 heterocycles. The molecule has 0 amide bonds. The SMILES string of the molecule is BN1CC2(CCNCC2)C1. The Morgan fingerprint density at radius 2 is 1.80 bits per heavy atom. The first-order valence-electron chi connectivity index (χ1n) is 4.20. The summed E-state index contributed by atoms with van der Waals surface area (Å²) < 4.78 is 0. The molecule has 2 rings (SSSR count). The zero-order valence-electron chi connectivity index (χ0n) is 6.69. The van der Waals surface area contributed by atoms with Crippen molar-refractivity contribution in [3.05, 3.63) is 0 Å². The van der Waals surface area contributed by atoms with Crippen molar-refractivity contribution in [2.45, 2.75) is 12.8 Å². The standard InChI is InChI=1S/C7H15BN2/c8-10-5-7(6-10)1-3-9-4-2-7/h9H,1-6,8H2. The zero-order chi connectivity index (χ0) is 7.03. The molecule has 0 unspecified atom stereocenters. The molecule has 2 aliphatic rings. The van der Waals surface area contributed by atoms with Gasteiger partial charge in [0.05, 0.1) is 0 Å². The van der Waals surface area contributed by atoms with Gasteiger partial charge in [0.2, 0.25) is 0 Å². The van der Waals surface area contributed by atoms with Gasteiger partial charge in [0.25, 0.3) is 0 Å². The van der Waals surface area contributed by atoms with E-state index in [0.29, 0.717) is 0 Å². The molecule has 3 heteroatoms. The molecule has 0 radical (unpaired) electrons. The first-order chi connectivity index (χ1) is 4.81. The second-order valence-corrected chi connectivity index (χ2v) is 3.92. The van der Waals surface area contributed by atoms with Crippen LogP contribution in [0.5, 0.6) is 0 Å². The summed E-state index contributed by atoms with van der Waals surface area (Å²) in [4.78, 5) is 2.42. The van der Waals surface area contributed by atoms with Crippen LogP contribution in [0.4, 0.5) is 0 Å². The quantitative estimate of drug-likeness (QED) is 0.442. The van der Waals surface area contributed by atoms with Crippen molar-refractivity contribution in [1.29, 1.82) is 0 Å². The lowest BCUT2D eigenvalue weighted by atomic mass is 9.71. The van der Waals surface area contributed by atoms with Gasteiger partial charge in [-0.15, -0.1) is 0 Å². The lowest BCUT2D eigenvalue weighted by Crippen LogP contribution is -2.58. The van der Waals surface area contributed by atoms with E-state index in [0.717, 1.165) is 5.41 Å². The molecule has 0 aromatic heterocycles. The van der Waals surface area contributed by atoms with Crippen LogP contribution in [0, 0.1) is 5.41 Å². The average molecular weight is 138 g/mol. The molecule has 56 valence electrons. The number of hydrogen-bond donors (Lipinski definition) is 1. The van der Waals surface area contributed by atoms with E-state index < -0.39 is 0 Å². The van der Waals surface area contributed by atoms with Gasteiger partial charge in [-0.2, -0.15) is 0 Å². The van der Waals surface area contributed by atoms with E-state index in [1.165, 1.54) is 39.0 Å². The van der Waals surface area contributed by atoms with Crippen LogP contribution < -0.4 is 5.32 Å². The van der Waals surface area contributed by atoms with Crippen LogP contribution in [0.1, 0.15) is 12.8 Å². The van der Waals surface area contributed by atoms with Crippen molar-refractivity contribution in [3.8, 4) is 0 Å². The summed E-state index contributed by atoms with van der Waals surface area (Å²) in [6, 6.07) is 0. The second kappa shape index (κ2) is 2.24. The minimum atomic E-state index is 0.736. The molecule has 2 aliphatic heterocycles. The highest BCUT2D eigenvalue weighted by Gasteiger charge is 2.40. The molecule has 0 aromatic carbocycles. The molecule has 1 N–H and O–H groups in total. The maximum atomic E-state index is 3.40. The zero-order valence-corrected chi connectivity index (χ0v) is 6.69. The van der Waals surface area contributed by atoms with Gasteiger partial charge in [-0.3, -0.25) is 0 Å². The Morgan fingerprint density at radius 3 is 2.30 bits per heavy atom. The Balaban J connectivity index is 1.90. The Kier molecular flexibility index (Phi) is 1.50. The van der Waals surface area contributed by atoms with Crippen molar-refractivity contribution < 1.29 is 0 Å². The number of nitrogens with zero attached hydrogens (tertiary/aromatic N) is 1. The van der Waals surface area contributed by atoms with Crippen molar-refractivity contribution >= 4 is 7.98 Å². The van der Waals surface area contributed by atoms with Crippen molar-refractivity contribution in [3.63, 3.8) is 0 Å². The van der Waals surface area contributed by atoms with E-state index in [4.69, 9.17) is 0 Å². The van der Waals surface area contributed by atoms with Gasteiger partial charge in [-0.05, 0) is 44.4 Å². The first kappa shape index (κ1) is 6.68. The van der Waals surface area contributed by atoms with Crippen LogP contribution in [0.2, 0.25) is 0 Å². The highest BCUT2D eigenvalue weighted by molar-refractivity contribution is 6.05. The summed E-state index contributed by atoms with van der Waals surface area (Å²) >= 11 is 0. The van der Waals surface area contributed by atoms with Gasteiger partial charge in [0.1, 0.15) is 0 Å². The lowest BCUT2D eigenvalue weighted by molar-refractivity contribution is 0.0386. The predicted octanol–water partition coefficient (Wildman–Crippen LogP) is -0.780. The molecule has 0 atom stereocenters. The molecule has 10 heavy (non-hydrogen) atoms. The topological polar surface area (TPSA) is 15.3 Å². The Bertz CT molecular complexity index is 116. The van der Waals surface area contributed by atoms with Gasteiger partial charge < -0.3 is 10.1 Å². The number of nitrogens with one attached hydrogen (secondary N) is 1. The molecule has 1 spiro atoms. The van der Waals surface area contributed by atoms with Crippen LogP contribution in [-0.2, 0) is 0 Å². The number of hydrogen-bond acceptors (Lipinski definition) is 2. The van der Waals surface area contributed by atoms with Crippen LogP contribution in [0.3, 0.4) is 0 Å². The van der Waals surface area contributed by atoms with Crippen LogP contribution in [0.15, 0.2) is 0 Å². The normalized spacial score (nSPS) is 32.0. The summed E-state index contributed by atoms with van der Waals surface area (Å²) in [6.45, 7) is 5.17. The lowest BCUT2D eigenvalue weighted by Gasteiger charge is -2.51. The largest absolute Gasteiger partial charge is 0.348 e. The molecule has 0 aliphatic carbocycles. The fourth-order valence-electron chi connectivity index (χ4n) is 2.37. The van der Waals surface area contributed by atoms with Crippen LogP contribution >= 0.6 is 0 Å². The third kappa shape index (κ3) is 0.975. The fraction of sp³-hybridized carbons (Fsp3) is 1.00. The van der Waals surface area contributed by atoms with Gasteiger partial charge >= 0.3 is 0 Å². The van der Waals surface area contributed by atoms with Gasteiger partial charge in [0.15, 0.2) is 7.98 Å². The van der Waals surface area contributed by atoms with Gasteiger partial charge in [-0.1, -0.05) is 0 Å². The maximum Gasteiger partial charge on any atom is 0.185 e. The van der Waals surface area contributed by atoms with Crippen molar-refractivity contribution in [2.24, 2.45) is 5.41 Å². The van der Waals surface area contributed by atoms with E-state index in [2.05, 4.69) is 18.1 Å². The highest BCUT2D eigenvalue weighted by Crippen LogP contribution is 2.36. The summed E-state index contributed by atoms with van der Waals surface area (Å²) in [5, 5.41) is 3.40. The van der Waals surface area contributed by atoms with E-state index in [-0.39, 0.29) is 0 Å². The maximum absolute atomic E-state index is 3.40. The number of piperidine rings is 1. The van der Waals surface area contributed by atoms with Crippen LogP contribution in [0.25, 0.3) is 0 Å². The Morgan fingerprint density at radius 1 is 1.20 bits per heavy atom. The molecular formula is C7H15BN2. The summed E-state index contributed by atoms with van der Waals surface area (Å²) in [5.41, 5.74) is 0.736. The van der Waals surface area contributed by atoms with E-state index in [9.17, 15) is 0 Å². The number of rotatable bonds is 0. The van der Waals surface area contributed by atoms with Gasteiger partial charge in [0, 0.05) is 0 Å². The predicted molar refractivity (Wildman–Crippen MR) is 44.7 cm³/mol. The molecule has 2 fully saturated rings. The van der Waals surface area contributed by atoms with Gasteiger partial charge in [-0.25, -0.2) is 0 Å². The fourth-order valence-corrected chi connectivity index (χ4v) is 2.37. The van der Waals surface area contributed by atoms with Crippen molar-refractivity contribution in [1.82, 2.24) is 10.1 Å². The minimum Gasteiger partial charge on any atom is -0.348 e. The Hall–Kier alpha value is -0.0151. The molecule has 0 saturated carbocycles. The summed E-state index contributed by atoms with van der Waals surface area (Å²) in [7, 11) is 2.22. The molecule has 0 bridgehead atoms. The summed E-state index contributed by atoms with van der Waals surface area (Å²) in [6.07, 6.45) is 2.80. The van der Waals surface area contributed by atoms with Crippen molar-refractivity contribution in [2.75, 3.05) is 26.2 Å². The van der Waals surface area contributed by atoms with Crippen LogP contribution in [-0.4, -0.2) is 39.0 Å². The highest BCUT2D eigenvalue weighted by atomic mass is 15.1. The molecular weight excluding hydrogens is 123 g/mol. The first-order valence-corrected chi connectivity index (χ1v) is 4.20. The molecule has 2 nitrogen and oxygen atoms in total. The average Bonchev–Trinajstić information content (AvgIpc) is 1.87. The monoisotopic (exact) mass is 138 g/mol. The summed E-state index contributed by atoms with van der Waals surface area (Å²) in [5.74, 6) is 0. The van der Waals surface area contributed by atoms with E-state index in [1.54, 1.807) is 0 Å². The third-order valence-electron chi connectivity index (χ3n) is 2.87. The Labute approximate surface area is 63.4 Å². The van der Waals surface area contributed by atoms with E-state index in [1.807, 2.05) is 0 Å².